The van der Waals surface area contributed by atoms with E-state index < -0.39 is 0 Å². The van der Waals surface area contributed by atoms with Gasteiger partial charge in [0.05, 0.1) is 4.47 Å². The van der Waals surface area contributed by atoms with Crippen LogP contribution in [0.5, 0.6) is 0 Å². The normalized spacial score (nSPS) is 14.6. The Balaban J connectivity index is 1.76. The quantitative estimate of drug-likeness (QED) is 0.914. The number of hydrogen-bond donors (Lipinski definition) is 1. The minimum absolute atomic E-state index is 0.453. The first-order valence-electron chi connectivity index (χ1n) is 6.18. The zero-order valence-electron chi connectivity index (χ0n) is 10.3. The number of hydrogen-bond acceptors (Lipinski definition) is 2. The second-order valence-electron chi connectivity index (χ2n) is 4.86. The van der Waals surface area contributed by atoms with Crippen LogP contribution >= 0.6 is 15.9 Å². The molecule has 92 valence electrons. The van der Waals surface area contributed by atoms with Gasteiger partial charge in [-0.1, -0.05) is 24.3 Å². The van der Waals surface area contributed by atoms with Gasteiger partial charge in [-0.15, -0.1) is 0 Å². The van der Waals surface area contributed by atoms with Crippen molar-refractivity contribution in [2.45, 2.75) is 25.8 Å². The molecule has 1 heterocycles. The lowest BCUT2D eigenvalue weighted by Crippen LogP contribution is -2.20. The lowest BCUT2D eigenvalue weighted by atomic mass is 10.1. The second-order valence-corrected chi connectivity index (χ2v) is 5.72. The van der Waals surface area contributed by atoms with Crippen molar-refractivity contribution in [3.05, 3.63) is 57.7 Å². The summed E-state index contributed by atoms with van der Waals surface area (Å²) in [5, 5.41) is 3.53. The number of halogens is 1. The van der Waals surface area contributed by atoms with Gasteiger partial charge in [0.15, 0.2) is 0 Å². The molecular weight excluding hydrogens is 288 g/mol. The Bertz CT molecular complexity index is 555. The molecular formula is C15H15BrN2. The molecule has 2 nitrogen and oxygen atoms in total. The number of aryl methyl sites for hydroxylation is 1. The van der Waals surface area contributed by atoms with Gasteiger partial charge in [-0.25, -0.2) is 4.98 Å². The average molecular weight is 303 g/mol. The van der Waals surface area contributed by atoms with E-state index in [-0.39, 0.29) is 0 Å². The van der Waals surface area contributed by atoms with E-state index in [2.05, 4.69) is 56.6 Å². The standard InChI is InChI=1S/C15H15BrN2/c1-10-6-14(16)15(17-9-10)18-13-7-11-4-2-3-5-12(11)8-13/h2-6,9,13H,7-8H2,1H3,(H,17,18). The first-order valence-corrected chi connectivity index (χ1v) is 6.97. The summed E-state index contributed by atoms with van der Waals surface area (Å²) >= 11 is 3.56. The number of nitrogens with zero attached hydrogens (tertiary/aromatic N) is 1. The summed E-state index contributed by atoms with van der Waals surface area (Å²) in [6, 6.07) is 11.2. The summed E-state index contributed by atoms with van der Waals surface area (Å²) in [6.45, 7) is 2.05. The molecule has 0 radical (unpaired) electrons. The van der Waals surface area contributed by atoms with Crippen molar-refractivity contribution in [1.29, 1.82) is 0 Å². The highest BCUT2D eigenvalue weighted by Crippen LogP contribution is 2.27. The van der Waals surface area contributed by atoms with E-state index in [9.17, 15) is 0 Å². The van der Waals surface area contributed by atoms with Gasteiger partial charge < -0.3 is 5.32 Å². The lowest BCUT2D eigenvalue weighted by molar-refractivity contribution is 0.768. The Kier molecular flexibility index (Phi) is 3.08. The van der Waals surface area contributed by atoms with Gasteiger partial charge in [0, 0.05) is 12.2 Å². The number of aromatic nitrogens is 1. The smallest absolute Gasteiger partial charge is 0.140 e. The first-order chi connectivity index (χ1) is 8.72. The van der Waals surface area contributed by atoms with Crippen molar-refractivity contribution in [2.24, 2.45) is 0 Å². The SMILES string of the molecule is Cc1cnc(NC2Cc3ccccc3C2)c(Br)c1. The predicted octanol–water partition coefficient (Wildman–Crippen LogP) is 3.73. The van der Waals surface area contributed by atoms with Crippen LogP contribution in [0.15, 0.2) is 41.0 Å². The predicted molar refractivity (Wildman–Crippen MR) is 77.9 cm³/mol. The fourth-order valence-corrected chi connectivity index (χ4v) is 3.07. The zero-order valence-corrected chi connectivity index (χ0v) is 11.9. The lowest BCUT2D eigenvalue weighted by Gasteiger charge is -2.14. The van der Waals surface area contributed by atoms with Crippen LogP contribution in [0.1, 0.15) is 16.7 Å². The van der Waals surface area contributed by atoms with Crippen LogP contribution in [0.4, 0.5) is 5.82 Å². The van der Waals surface area contributed by atoms with Gasteiger partial charge in [-0.2, -0.15) is 0 Å². The molecule has 1 N–H and O–H groups in total. The molecule has 2 aromatic rings. The molecule has 1 aromatic heterocycles. The highest BCUT2D eigenvalue weighted by atomic mass is 79.9. The van der Waals surface area contributed by atoms with E-state index in [0.717, 1.165) is 23.1 Å². The molecule has 0 fully saturated rings. The maximum atomic E-state index is 4.45. The van der Waals surface area contributed by atoms with Crippen LogP contribution < -0.4 is 5.32 Å². The van der Waals surface area contributed by atoms with E-state index in [0.29, 0.717) is 6.04 Å². The largest absolute Gasteiger partial charge is 0.366 e. The van der Waals surface area contributed by atoms with Crippen molar-refractivity contribution in [3.8, 4) is 0 Å². The summed E-state index contributed by atoms with van der Waals surface area (Å²) in [5.74, 6) is 0.943. The topological polar surface area (TPSA) is 24.9 Å². The second kappa shape index (κ2) is 4.73. The van der Waals surface area contributed by atoms with Gasteiger partial charge in [-0.3, -0.25) is 0 Å². The van der Waals surface area contributed by atoms with E-state index in [1.807, 2.05) is 13.1 Å². The van der Waals surface area contributed by atoms with Crippen LogP contribution in [-0.4, -0.2) is 11.0 Å². The molecule has 1 aliphatic carbocycles. The summed E-state index contributed by atoms with van der Waals surface area (Å²) < 4.78 is 1.04. The molecule has 0 atom stereocenters. The van der Waals surface area contributed by atoms with Crippen molar-refractivity contribution in [3.63, 3.8) is 0 Å². The Labute approximate surface area is 116 Å². The molecule has 0 aliphatic heterocycles. The minimum atomic E-state index is 0.453. The zero-order chi connectivity index (χ0) is 12.5. The molecule has 0 amide bonds. The molecule has 0 unspecified atom stereocenters. The van der Waals surface area contributed by atoms with E-state index in [4.69, 9.17) is 0 Å². The molecule has 18 heavy (non-hydrogen) atoms. The molecule has 0 bridgehead atoms. The van der Waals surface area contributed by atoms with E-state index in [1.54, 1.807) is 0 Å². The van der Waals surface area contributed by atoms with Gasteiger partial charge in [-0.05, 0) is 58.5 Å². The highest BCUT2D eigenvalue weighted by molar-refractivity contribution is 9.10. The number of fused-ring (bicyclic) bond motifs is 1. The van der Waals surface area contributed by atoms with Crippen LogP contribution in [-0.2, 0) is 12.8 Å². The number of anilines is 1. The molecule has 3 rings (SSSR count). The molecule has 0 saturated carbocycles. The van der Waals surface area contributed by atoms with Crippen molar-refractivity contribution in [2.75, 3.05) is 5.32 Å². The van der Waals surface area contributed by atoms with Crippen molar-refractivity contribution in [1.82, 2.24) is 4.98 Å². The van der Waals surface area contributed by atoms with Crippen LogP contribution in [0.3, 0.4) is 0 Å². The monoisotopic (exact) mass is 302 g/mol. The highest BCUT2D eigenvalue weighted by Gasteiger charge is 2.21. The number of rotatable bonds is 2. The third-order valence-electron chi connectivity index (χ3n) is 3.37. The first kappa shape index (κ1) is 11.7. The molecule has 0 saturated heterocycles. The molecule has 1 aromatic carbocycles. The fourth-order valence-electron chi connectivity index (χ4n) is 2.49. The van der Waals surface area contributed by atoms with Crippen LogP contribution in [0.2, 0.25) is 0 Å². The Morgan fingerprint density at radius 2 is 1.89 bits per heavy atom. The fraction of sp³-hybridized carbons (Fsp3) is 0.267. The average Bonchev–Trinajstić information content (AvgIpc) is 2.75. The van der Waals surface area contributed by atoms with Gasteiger partial charge >= 0.3 is 0 Å². The maximum Gasteiger partial charge on any atom is 0.140 e. The van der Waals surface area contributed by atoms with Crippen LogP contribution in [0, 0.1) is 6.92 Å². The number of pyridine rings is 1. The van der Waals surface area contributed by atoms with Gasteiger partial charge in [0.2, 0.25) is 0 Å². The van der Waals surface area contributed by atoms with Crippen LogP contribution in [0.25, 0.3) is 0 Å². The Morgan fingerprint density at radius 3 is 2.50 bits per heavy atom. The minimum Gasteiger partial charge on any atom is -0.366 e. The summed E-state index contributed by atoms with van der Waals surface area (Å²) in [6.07, 6.45) is 4.06. The maximum absolute atomic E-state index is 4.45. The van der Waals surface area contributed by atoms with E-state index in [1.165, 1.54) is 16.7 Å². The summed E-state index contributed by atoms with van der Waals surface area (Å²) in [5.41, 5.74) is 4.08. The third kappa shape index (κ3) is 2.27. The molecule has 3 heteroatoms. The Morgan fingerprint density at radius 1 is 1.22 bits per heavy atom. The van der Waals surface area contributed by atoms with Crippen molar-refractivity contribution >= 4 is 21.7 Å². The van der Waals surface area contributed by atoms with E-state index >= 15 is 0 Å². The van der Waals surface area contributed by atoms with Crippen molar-refractivity contribution < 1.29 is 0 Å². The molecule has 0 spiro atoms. The molecule has 1 aliphatic rings. The number of nitrogens with one attached hydrogen (secondary N) is 1. The third-order valence-corrected chi connectivity index (χ3v) is 3.97. The summed E-state index contributed by atoms with van der Waals surface area (Å²) in [4.78, 5) is 4.45. The Hall–Kier alpha value is -1.35. The number of benzene rings is 1. The van der Waals surface area contributed by atoms with Gasteiger partial charge in [0.1, 0.15) is 5.82 Å². The summed E-state index contributed by atoms with van der Waals surface area (Å²) in [7, 11) is 0. The van der Waals surface area contributed by atoms with Gasteiger partial charge in [0.25, 0.3) is 0 Å².